The van der Waals surface area contributed by atoms with E-state index in [9.17, 15) is 4.79 Å². The van der Waals surface area contributed by atoms with Gasteiger partial charge in [0.25, 0.3) is 0 Å². The fraction of sp³-hybridized carbons (Fsp3) is 0.577. The van der Waals surface area contributed by atoms with Gasteiger partial charge in [-0.25, -0.2) is 9.97 Å². The van der Waals surface area contributed by atoms with E-state index >= 15 is 0 Å². The predicted molar refractivity (Wildman–Crippen MR) is 129 cm³/mol. The number of piperidine rings is 4. The highest BCUT2D eigenvalue weighted by Crippen LogP contribution is 2.36. The van der Waals surface area contributed by atoms with Crippen LogP contribution in [0.5, 0.6) is 0 Å². The molecule has 1 atom stereocenters. The Morgan fingerprint density at radius 3 is 2.45 bits per heavy atom. The van der Waals surface area contributed by atoms with Crippen LogP contribution >= 0.6 is 0 Å². The average Bonchev–Trinajstić information content (AvgIpc) is 2.85. The van der Waals surface area contributed by atoms with E-state index in [-0.39, 0.29) is 17.4 Å². The van der Waals surface area contributed by atoms with Gasteiger partial charge in [0.2, 0.25) is 11.9 Å². The molecule has 1 aromatic carbocycles. The van der Waals surface area contributed by atoms with Gasteiger partial charge >= 0.3 is 0 Å². The summed E-state index contributed by atoms with van der Waals surface area (Å²) in [6, 6.07) is 10.2. The summed E-state index contributed by atoms with van der Waals surface area (Å²) >= 11 is 0. The van der Waals surface area contributed by atoms with Crippen LogP contribution in [-0.2, 0) is 16.1 Å². The van der Waals surface area contributed by atoms with E-state index in [0.29, 0.717) is 12.5 Å². The van der Waals surface area contributed by atoms with Crippen LogP contribution in [0.4, 0.5) is 5.95 Å². The summed E-state index contributed by atoms with van der Waals surface area (Å²) in [6.45, 7) is 7.83. The normalized spacial score (nSPS) is 27.5. The maximum absolute atomic E-state index is 13.1. The zero-order valence-electron chi connectivity index (χ0n) is 19.8. The van der Waals surface area contributed by atoms with Crippen molar-refractivity contribution in [2.45, 2.75) is 44.8 Å². The lowest BCUT2D eigenvalue weighted by Gasteiger charge is -2.52. The van der Waals surface area contributed by atoms with Gasteiger partial charge in [-0.2, -0.15) is 0 Å². The number of aromatic nitrogens is 2. The number of carbonyl (C=O) groups excluding carboxylic acids is 1. The molecule has 7 heteroatoms. The van der Waals surface area contributed by atoms with Crippen molar-refractivity contribution in [3.63, 3.8) is 0 Å². The van der Waals surface area contributed by atoms with Crippen LogP contribution in [0.15, 0.2) is 36.5 Å². The minimum Gasteiger partial charge on any atom is -0.380 e. The zero-order chi connectivity index (χ0) is 22.8. The second kappa shape index (κ2) is 9.39. The highest BCUT2D eigenvalue weighted by molar-refractivity contribution is 5.80. The van der Waals surface area contributed by atoms with Crippen LogP contribution in [-0.4, -0.2) is 66.1 Å². The van der Waals surface area contributed by atoms with Crippen LogP contribution in [0.1, 0.15) is 38.2 Å². The van der Waals surface area contributed by atoms with Gasteiger partial charge in [0, 0.05) is 44.4 Å². The van der Waals surface area contributed by atoms with Crippen molar-refractivity contribution in [3.8, 4) is 11.3 Å². The molecular formula is C26H35N5O2. The second-order valence-electron chi connectivity index (χ2n) is 10.1. The third kappa shape index (κ3) is 4.75. The monoisotopic (exact) mass is 449 g/mol. The lowest BCUT2D eigenvalue weighted by molar-refractivity contribution is -0.130. The molecule has 4 saturated heterocycles. The number of fused-ring (bicyclic) bond motifs is 3. The summed E-state index contributed by atoms with van der Waals surface area (Å²) in [5.74, 6) is 1.67. The fourth-order valence-corrected chi connectivity index (χ4v) is 5.79. The number of benzene rings is 1. The molecule has 5 heterocycles. The number of hydrogen-bond acceptors (Lipinski definition) is 6. The van der Waals surface area contributed by atoms with E-state index in [2.05, 4.69) is 51.3 Å². The second-order valence-corrected chi connectivity index (χ2v) is 10.1. The summed E-state index contributed by atoms with van der Waals surface area (Å²) in [5.41, 5.74) is 3.06. The first kappa shape index (κ1) is 22.3. The van der Waals surface area contributed by atoms with Crippen LogP contribution in [0.2, 0.25) is 0 Å². The summed E-state index contributed by atoms with van der Waals surface area (Å²) in [4.78, 5) is 27.2. The molecule has 7 nitrogen and oxygen atoms in total. The molecule has 2 aromatic rings. The first-order chi connectivity index (χ1) is 16.0. The van der Waals surface area contributed by atoms with Crippen LogP contribution in [0.25, 0.3) is 11.3 Å². The lowest BCUT2D eigenvalue weighted by atomic mass is 9.73. The number of amides is 1. The molecule has 1 unspecified atom stereocenters. The molecule has 0 radical (unpaired) electrons. The summed E-state index contributed by atoms with van der Waals surface area (Å²) in [7, 11) is 1.70. The van der Waals surface area contributed by atoms with E-state index < -0.39 is 0 Å². The Morgan fingerprint density at radius 1 is 1.09 bits per heavy atom. The largest absolute Gasteiger partial charge is 0.380 e. The molecule has 2 bridgehead atoms. The number of rotatable bonds is 6. The first-order valence-corrected chi connectivity index (χ1v) is 12.2. The number of nitrogens with zero attached hydrogens (tertiary/aromatic N) is 4. The van der Waals surface area contributed by atoms with E-state index in [1.807, 2.05) is 12.3 Å². The van der Waals surface area contributed by atoms with Crippen molar-refractivity contribution in [3.05, 3.63) is 42.1 Å². The lowest BCUT2D eigenvalue weighted by Crippen LogP contribution is -2.66. The summed E-state index contributed by atoms with van der Waals surface area (Å²) in [6.07, 6.45) is 5.93. The Bertz CT molecular complexity index is 965. The number of hydrogen-bond donors (Lipinski definition) is 1. The van der Waals surface area contributed by atoms with Crippen molar-refractivity contribution >= 4 is 11.9 Å². The van der Waals surface area contributed by atoms with Crippen molar-refractivity contribution < 1.29 is 9.53 Å². The molecule has 1 aromatic heterocycles. The molecule has 1 amide bonds. The SMILES string of the molecule is COCc1ccc(-c2ccnc(N3CCC(C(=O)NC4(C)CN5CCC4CC5)CC3)n2)cc1. The van der Waals surface area contributed by atoms with Gasteiger partial charge in [0.1, 0.15) is 0 Å². The third-order valence-electron chi connectivity index (χ3n) is 7.80. The summed E-state index contributed by atoms with van der Waals surface area (Å²) < 4.78 is 5.20. The smallest absolute Gasteiger partial charge is 0.225 e. The molecule has 0 aliphatic carbocycles. The minimum absolute atomic E-state index is 0.0685. The molecule has 0 saturated carbocycles. The first-order valence-electron chi connectivity index (χ1n) is 12.2. The summed E-state index contributed by atoms with van der Waals surface area (Å²) in [5, 5.41) is 3.46. The van der Waals surface area contributed by atoms with Gasteiger partial charge in [-0.05, 0) is 63.2 Å². The molecule has 4 aliphatic rings. The molecule has 6 rings (SSSR count). The Labute approximate surface area is 196 Å². The number of carbonyl (C=O) groups is 1. The Morgan fingerprint density at radius 2 is 1.82 bits per heavy atom. The minimum atomic E-state index is -0.0685. The molecule has 4 aliphatic heterocycles. The predicted octanol–water partition coefficient (Wildman–Crippen LogP) is 3.11. The van der Waals surface area contributed by atoms with E-state index in [1.165, 1.54) is 25.9 Å². The van der Waals surface area contributed by atoms with Gasteiger partial charge in [-0.3, -0.25) is 4.79 Å². The Balaban J connectivity index is 1.19. The van der Waals surface area contributed by atoms with Gasteiger partial charge < -0.3 is 19.9 Å². The van der Waals surface area contributed by atoms with Crippen LogP contribution < -0.4 is 10.2 Å². The van der Waals surface area contributed by atoms with Crippen molar-refractivity contribution in [2.24, 2.45) is 11.8 Å². The van der Waals surface area contributed by atoms with Crippen LogP contribution in [0.3, 0.4) is 0 Å². The molecule has 176 valence electrons. The van der Waals surface area contributed by atoms with Gasteiger partial charge in [-0.15, -0.1) is 0 Å². The zero-order valence-corrected chi connectivity index (χ0v) is 19.8. The average molecular weight is 450 g/mol. The number of anilines is 1. The molecule has 33 heavy (non-hydrogen) atoms. The molecule has 0 spiro atoms. The van der Waals surface area contributed by atoms with Crippen molar-refractivity contribution in [1.29, 1.82) is 0 Å². The molecular weight excluding hydrogens is 414 g/mol. The number of nitrogens with one attached hydrogen (secondary N) is 1. The standard InChI is InChI=1S/C26H35N5O2/c1-26(18-30-13-10-22(26)11-14-30)29-24(32)21-8-15-31(16-9-21)25-27-12-7-23(28-25)20-5-3-19(4-6-20)17-33-2/h3-7,12,21-22H,8-11,13-18H2,1-2H3,(H,29,32). The van der Waals surface area contributed by atoms with Gasteiger partial charge in [0.15, 0.2) is 0 Å². The number of methoxy groups -OCH3 is 1. The van der Waals surface area contributed by atoms with Crippen molar-refractivity contribution in [1.82, 2.24) is 20.2 Å². The topological polar surface area (TPSA) is 70.6 Å². The van der Waals surface area contributed by atoms with Gasteiger partial charge in [0.05, 0.1) is 17.8 Å². The number of ether oxygens (including phenoxy) is 1. The Kier molecular flexibility index (Phi) is 6.34. The third-order valence-corrected chi connectivity index (χ3v) is 7.80. The molecule has 4 fully saturated rings. The fourth-order valence-electron chi connectivity index (χ4n) is 5.79. The van der Waals surface area contributed by atoms with Crippen LogP contribution in [0, 0.1) is 11.8 Å². The maximum Gasteiger partial charge on any atom is 0.225 e. The Hall–Kier alpha value is -2.51. The molecule has 1 N–H and O–H groups in total. The van der Waals surface area contributed by atoms with Crippen molar-refractivity contribution in [2.75, 3.05) is 44.7 Å². The highest BCUT2D eigenvalue weighted by atomic mass is 16.5. The maximum atomic E-state index is 13.1. The van der Waals surface area contributed by atoms with E-state index in [0.717, 1.165) is 55.2 Å². The quantitative estimate of drug-likeness (QED) is 0.731. The van der Waals surface area contributed by atoms with Gasteiger partial charge in [-0.1, -0.05) is 24.3 Å². The highest BCUT2D eigenvalue weighted by Gasteiger charge is 2.45. The van der Waals surface area contributed by atoms with E-state index in [1.54, 1.807) is 7.11 Å². The van der Waals surface area contributed by atoms with E-state index in [4.69, 9.17) is 9.72 Å².